The topological polar surface area (TPSA) is 12.0 Å². The zero-order chi connectivity index (χ0) is 13.3. The second-order valence-corrected chi connectivity index (χ2v) is 6.14. The molecule has 0 saturated heterocycles. The highest BCUT2D eigenvalue weighted by molar-refractivity contribution is 5.44. The van der Waals surface area contributed by atoms with E-state index in [1.807, 2.05) is 0 Å². The fourth-order valence-electron chi connectivity index (χ4n) is 3.25. The van der Waals surface area contributed by atoms with Crippen LogP contribution in [0.15, 0.2) is 58.9 Å². The third-order valence-electron chi connectivity index (χ3n) is 4.43. The molecule has 0 aromatic carbocycles. The maximum Gasteiger partial charge on any atom is 0.0534 e. The third kappa shape index (κ3) is 2.60. The number of rotatable bonds is 3. The van der Waals surface area contributed by atoms with Crippen LogP contribution in [0.25, 0.3) is 0 Å². The second kappa shape index (κ2) is 4.88. The first kappa shape index (κ1) is 12.5. The van der Waals surface area contributed by atoms with Crippen LogP contribution in [0.4, 0.5) is 0 Å². The van der Waals surface area contributed by atoms with Crippen molar-refractivity contribution in [3.63, 3.8) is 0 Å². The highest BCUT2D eigenvalue weighted by atomic mass is 15.0. The Morgan fingerprint density at radius 1 is 1.16 bits per heavy atom. The SMILES string of the molecule is CC1=C(NC2(C)C=C(C3=CC=CC3)CC2)CCC=C1. The molecule has 0 radical (unpaired) electrons. The van der Waals surface area contributed by atoms with Gasteiger partial charge in [0.05, 0.1) is 5.54 Å². The van der Waals surface area contributed by atoms with Crippen molar-refractivity contribution in [3.05, 3.63) is 58.9 Å². The van der Waals surface area contributed by atoms with Crippen molar-refractivity contribution < 1.29 is 0 Å². The molecule has 0 aliphatic heterocycles. The van der Waals surface area contributed by atoms with Crippen molar-refractivity contribution in [3.8, 4) is 0 Å². The molecule has 19 heavy (non-hydrogen) atoms. The van der Waals surface area contributed by atoms with Crippen LogP contribution in [-0.2, 0) is 0 Å². The summed E-state index contributed by atoms with van der Waals surface area (Å²) in [5, 5.41) is 3.80. The van der Waals surface area contributed by atoms with Gasteiger partial charge in [0.2, 0.25) is 0 Å². The van der Waals surface area contributed by atoms with E-state index in [-0.39, 0.29) is 5.54 Å². The number of nitrogens with one attached hydrogen (secondary N) is 1. The largest absolute Gasteiger partial charge is 0.379 e. The molecule has 1 nitrogen and oxygen atoms in total. The molecular formula is C18H23N. The molecule has 0 fully saturated rings. The molecule has 0 spiro atoms. The molecule has 3 aliphatic rings. The number of hydrogen-bond donors (Lipinski definition) is 1. The van der Waals surface area contributed by atoms with Crippen molar-refractivity contribution in [2.75, 3.05) is 0 Å². The summed E-state index contributed by atoms with van der Waals surface area (Å²) < 4.78 is 0. The summed E-state index contributed by atoms with van der Waals surface area (Å²) in [5.74, 6) is 0. The highest BCUT2D eigenvalue weighted by Gasteiger charge is 2.30. The maximum absolute atomic E-state index is 3.80. The zero-order valence-corrected chi connectivity index (χ0v) is 12.0. The summed E-state index contributed by atoms with van der Waals surface area (Å²) >= 11 is 0. The van der Waals surface area contributed by atoms with Crippen molar-refractivity contribution in [1.29, 1.82) is 0 Å². The summed E-state index contributed by atoms with van der Waals surface area (Å²) in [7, 11) is 0. The molecule has 0 saturated carbocycles. The Hall–Kier alpha value is -1.50. The van der Waals surface area contributed by atoms with E-state index in [2.05, 4.69) is 55.6 Å². The molecule has 3 rings (SSSR count). The van der Waals surface area contributed by atoms with Gasteiger partial charge in [0, 0.05) is 5.70 Å². The van der Waals surface area contributed by atoms with E-state index in [0.29, 0.717) is 0 Å². The standard InChI is InChI=1S/C18H23N/c1-14-7-3-6-10-17(14)19-18(2)12-11-16(13-18)15-8-4-5-9-15/h3-5,7-8,13,19H,6,9-12H2,1-2H3. The van der Waals surface area contributed by atoms with Gasteiger partial charge in [-0.15, -0.1) is 0 Å². The van der Waals surface area contributed by atoms with E-state index in [9.17, 15) is 0 Å². The lowest BCUT2D eigenvalue weighted by Gasteiger charge is -2.29. The minimum absolute atomic E-state index is 0.139. The quantitative estimate of drug-likeness (QED) is 0.777. The lowest BCUT2D eigenvalue weighted by Crippen LogP contribution is -2.38. The molecule has 0 bridgehead atoms. The predicted molar refractivity (Wildman–Crippen MR) is 81.8 cm³/mol. The Bertz CT molecular complexity index is 528. The fourth-order valence-corrected chi connectivity index (χ4v) is 3.25. The summed E-state index contributed by atoms with van der Waals surface area (Å²) in [6.07, 6.45) is 19.5. The highest BCUT2D eigenvalue weighted by Crippen LogP contribution is 2.36. The smallest absolute Gasteiger partial charge is 0.0534 e. The molecule has 0 aromatic heterocycles. The Labute approximate surface area is 116 Å². The molecular weight excluding hydrogens is 230 g/mol. The average Bonchev–Trinajstić information content (AvgIpc) is 3.02. The van der Waals surface area contributed by atoms with Gasteiger partial charge in [0.1, 0.15) is 0 Å². The summed E-state index contributed by atoms with van der Waals surface area (Å²) in [5.41, 5.74) is 6.03. The van der Waals surface area contributed by atoms with Gasteiger partial charge >= 0.3 is 0 Å². The van der Waals surface area contributed by atoms with E-state index in [0.717, 1.165) is 12.8 Å². The average molecular weight is 253 g/mol. The van der Waals surface area contributed by atoms with Crippen LogP contribution >= 0.6 is 0 Å². The van der Waals surface area contributed by atoms with E-state index in [4.69, 9.17) is 0 Å². The van der Waals surface area contributed by atoms with Gasteiger partial charge in [-0.2, -0.15) is 0 Å². The van der Waals surface area contributed by atoms with E-state index in [1.54, 1.807) is 5.57 Å². The van der Waals surface area contributed by atoms with Crippen LogP contribution in [-0.4, -0.2) is 5.54 Å². The monoisotopic (exact) mass is 253 g/mol. The first-order chi connectivity index (χ1) is 9.16. The summed E-state index contributed by atoms with van der Waals surface area (Å²) in [6, 6.07) is 0. The maximum atomic E-state index is 3.80. The lowest BCUT2D eigenvalue weighted by atomic mass is 9.97. The first-order valence-corrected chi connectivity index (χ1v) is 7.39. The molecule has 3 aliphatic carbocycles. The first-order valence-electron chi connectivity index (χ1n) is 7.39. The van der Waals surface area contributed by atoms with Crippen LogP contribution in [0.5, 0.6) is 0 Å². The normalized spacial score (nSPS) is 29.8. The van der Waals surface area contributed by atoms with Crippen LogP contribution < -0.4 is 5.32 Å². The minimum atomic E-state index is 0.139. The zero-order valence-electron chi connectivity index (χ0n) is 12.0. The fraction of sp³-hybridized carbons (Fsp3) is 0.444. The van der Waals surface area contributed by atoms with Crippen molar-refractivity contribution in [2.24, 2.45) is 0 Å². The van der Waals surface area contributed by atoms with Crippen LogP contribution in [0.2, 0.25) is 0 Å². The Morgan fingerprint density at radius 3 is 2.79 bits per heavy atom. The van der Waals surface area contributed by atoms with Gasteiger partial charge in [-0.25, -0.2) is 0 Å². The van der Waals surface area contributed by atoms with Crippen molar-refractivity contribution >= 4 is 0 Å². The molecule has 100 valence electrons. The minimum Gasteiger partial charge on any atom is -0.379 e. The van der Waals surface area contributed by atoms with Crippen LogP contribution in [0, 0.1) is 0 Å². The predicted octanol–water partition coefficient (Wildman–Crippen LogP) is 4.57. The number of hydrogen-bond acceptors (Lipinski definition) is 1. The lowest BCUT2D eigenvalue weighted by molar-refractivity contribution is 0.462. The van der Waals surface area contributed by atoms with Gasteiger partial charge in [0.15, 0.2) is 0 Å². The van der Waals surface area contributed by atoms with Crippen molar-refractivity contribution in [1.82, 2.24) is 5.32 Å². The van der Waals surface area contributed by atoms with Gasteiger partial charge < -0.3 is 5.32 Å². The molecule has 1 N–H and O–H groups in total. The Kier molecular flexibility index (Phi) is 3.22. The summed E-state index contributed by atoms with van der Waals surface area (Å²) in [6.45, 7) is 4.55. The van der Waals surface area contributed by atoms with Crippen LogP contribution in [0.1, 0.15) is 46.0 Å². The molecule has 1 heteroatoms. The summed E-state index contributed by atoms with van der Waals surface area (Å²) in [4.78, 5) is 0. The second-order valence-electron chi connectivity index (χ2n) is 6.14. The van der Waals surface area contributed by atoms with Gasteiger partial charge in [0.25, 0.3) is 0 Å². The Balaban J connectivity index is 1.76. The van der Waals surface area contributed by atoms with Crippen molar-refractivity contribution in [2.45, 2.75) is 51.5 Å². The molecule has 0 aromatic rings. The van der Waals surface area contributed by atoms with Gasteiger partial charge in [-0.3, -0.25) is 0 Å². The molecule has 1 unspecified atom stereocenters. The molecule has 0 heterocycles. The number of allylic oxidation sites excluding steroid dienone is 9. The van der Waals surface area contributed by atoms with E-state index >= 15 is 0 Å². The van der Waals surface area contributed by atoms with E-state index < -0.39 is 0 Å². The Morgan fingerprint density at radius 2 is 2.05 bits per heavy atom. The van der Waals surface area contributed by atoms with Gasteiger partial charge in [-0.1, -0.05) is 36.5 Å². The van der Waals surface area contributed by atoms with Gasteiger partial charge in [-0.05, 0) is 62.7 Å². The molecule has 0 amide bonds. The van der Waals surface area contributed by atoms with E-state index in [1.165, 1.54) is 36.1 Å². The molecule has 1 atom stereocenters. The van der Waals surface area contributed by atoms with Crippen LogP contribution in [0.3, 0.4) is 0 Å². The third-order valence-corrected chi connectivity index (χ3v) is 4.43.